The monoisotopic (exact) mass is 515 g/mol. The average molecular weight is 516 g/mol. The van der Waals surface area contributed by atoms with Gasteiger partial charge in [-0.25, -0.2) is 0 Å². The van der Waals surface area contributed by atoms with Gasteiger partial charge in [-0.05, 0) is 48.0 Å². The fraction of sp³-hybridized carbons (Fsp3) is 0. The molecule has 0 aliphatic rings. The molecule has 0 radical (unpaired) electrons. The molecule has 0 bridgehead atoms. The maximum atomic E-state index is 6.51. The Morgan fingerprint density at radius 3 is 2.15 bits per heavy atom. The molecule has 6 aromatic carbocycles. The molecular weight excluding hydrogens is 494 g/mol. The fourth-order valence-electron chi connectivity index (χ4n) is 6.27. The van der Waals surface area contributed by atoms with Crippen LogP contribution < -0.4 is 0 Å². The van der Waals surface area contributed by atoms with Crippen LogP contribution in [0.1, 0.15) is 0 Å². The number of furan rings is 1. The lowest BCUT2D eigenvalue weighted by atomic mass is 9.98. The molecular formula is C36H21NOS. The van der Waals surface area contributed by atoms with E-state index >= 15 is 0 Å². The highest BCUT2D eigenvalue weighted by Gasteiger charge is 2.20. The number of benzene rings is 6. The van der Waals surface area contributed by atoms with E-state index in [0.717, 1.165) is 16.6 Å². The second kappa shape index (κ2) is 7.83. The van der Waals surface area contributed by atoms with Gasteiger partial charge in [0.05, 0.1) is 11.0 Å². The zero-order chi connectivity index (χ0) is 25.5. The van der Waals surface area contributed by atoms with Gasteiger partial charge in [-0.2, -0.15) is 0 Å². The molecule has 0 amide bonds. The minimum absolute atomic E-state index is 0.931. The van der Waals surface area contributed by atoms with E-state index in [-0.39, 0.29) is 0 Å². The van der Waals surface area contributed by atoms with E-state index in [9.17, 15) is 0 Å². The zero-order valence-electron chi connectivity index (χ0n) is 20.9. The van der Waals surface area contributed by atoms with E-state index in [1.807, 2.05) is 17.4 Å². The molecule has 0 aliphatic carbocycles. The number of fused-ring (bicyclic) bond motifs is 10. The van der Waals surface area contributed by atoms with Crippen molar-refractivity contribution in [3.05, 3.63) is 127 Å². The molecule has 9 rings (SSSR count). The lowest BCUT2D eigenvalue weighted by Crippen LogP contribution is -1.93. The first kappa shape index (κ1) is 21.1. The number of para-hydroxylation sites is 3. The maximum Gasteiger partial charge on any atom is 0.144 e. The first-order chi connectivity index (χ1) is 19.3. The summed E-state index contributed by atoms with van der Waals surface area (Å²) in [6, 6.07) is 45.7. The van der Waals surface area contributed by atoms with Gasteiger partial charge >= 0.3 is 0 Å². The third-order valence-electron chi connectivity index (χ3n) is 7.99. The molecule has 2 nitrogen and oxygen atoms in total. The number of hydrogen-bond acceptors (Lipinski definition) is 2. The van der Waals surface area contributed by atoms with Crippen LogP contribution in [0, 0.1) is 0 Å². The summed E-state index contributed by atoms with van der Waals surface area (Å²) in [6.45, 7) is 0. The number of aromatic nitrogens is 1. The summed E-state index contributed by atoms with van der Waals surface area (Å²) in [5, 5.41) is 7.32. The largest absolute Gasteiger partial charge is 0.455 e. The summed E-state index contributed by atoms with van der Waals surface area (Å²) in [6.07, 6.45) is 0. The molecule has 0 atom stereocenters. The summed E-state index contributed by atoms with van der Waals surface area (Å²) < 4.78 is 11.5. The first-order valence-electron chi connectivity index (χ1n) is 13.2. The fourth-order valence-corrected chi connectivity index (χ4v) is 7.51. The third-order valence-corrected chi connectivity index (χ3v) is 9.19. The van der Waals surface area contributed by atoms with Gasteiger partial charge in [0.1, 0.15) is 11.2 Å². The molecule has 0 saturated carbocycles. The SMILES string of the molecule is c1ccc(-n2c3ccccc3c3ccc(-c4cc5c6ccccc6oc5c5c4sc4ccccc45)cc32)cc1. The molecule has 0 saturated heterocycles. The summed E-state index contributed by atoms with van der Waals surface area (Å²) in [5.41, 5.74) is 7.98. The molecule has 3 aromatic heterocycles. The van der Waals surface area contributed by atoms with Gasteiger partial charge in [0.25, 0.3) is 0 Å². The molecule has 0 spiro atoms. The summed E-state index contributed by atoms with van der Waals surface area (Å²) >= 11 is 1.85. The smallest absolute Gasteiger partial charge is 0.144 e. The second-order valence-electron chi connectivity index (χ2n) is 10.1. The van der Waals surface area contributed by atoms with Crippen molar-refractivity contribution in [2.24, 2.45) is 0 Å². The van der Waals surface area contributed by atoms with Crippen LogP contribution in [0.5, 0.6) is 0 Å². The maximum absolute atomic E-state index is 6.51. The molecule has 0 N–H and O–H groups in total. The summed E-state index contributed by atoms with van der Waals surface area (Å²) in [5.74, 6) is 0. The van der Waals surface area contributed by atoms with Crippen molar-refractivity contribution in [1.29, 1.82) is 0 Å². The molecule has 3 heteroatoms. The highest BCUT2D eigenvalue weighted by molar-refractivity contribution is 7.26. The second-order valence-corrected chi connectivity index (χ2v) is 11.2. The highest BCUT2D eigenvalue weighted by atomic mass is 32.1. The van der Waals surface area contributed by atoms with E-state index in [0.29, 0.717) is 0 Å². The number of hydrogen-bond donors (Lipinski definition) is 0. The topological polar surface area (TPSA) is 18.1 Å². The van der Waals surface area contributed by atoms with Gasteiger partial charge in [-0.1, -0.05) is 84.9 Å². The van der Waals surface area contributed by atoms with Crippen molar-refractivity contribution in [3.63, 3.8) is 0 Å². The van der Waals surface area contributed by atoms with Crippen LogP contribution >= 0.6 is 11.3 Å². The quantitative estimate of drug-likeness (QED) is 0.224. The van der Waals surface area contributed by atoms with Crippen molar-refractivity contribution in [1.82, 2.24) is 4.57 Å². The van der Waals surface area contributed by atoms with Crippen molar-refractivity contribution < 1.29 is 4.42 Å². The lowest BCUT2D eigenvalue weighted by Gasteiger charge is -2.10. The Morgan fingerprint density at radius 1 is 0.538 bits per heavy atom. The van der Waals surface area contributed by atoms with Crippen LogP contribution in [0.3, 0.4) is 0 Å². The lowest BCUT2D eigenvalue weighted by molar-refractivity contribution is 0.673. The molecule has 0 unspecified atom stereocenters. The van der Waals surface area contributed by atoms with E-state index in [2.05, 4.69) is 126 Å². The predicted octanol–water partition coefficient (Wildman–Crippen LogP) is 10.7. The van der Waals surface area contributed by atoms with Gasteiger partial charge in [-0.15, -0.1) is 11.3 Å². The summed E-state index contributed by atoms with van der Waals surface area (Å²) in [4.78, 5) is 0. The Labute approximate surface area is 227 Å². The van der Waals surface area contributed by atoms with Crippen LogP contribution in [-0.2, 0) is 0 Å². The minimum Gasteiger partial charge on any atom is -0.455 e. The van der Waals surface area contributed by atoms with E-state index in [1.54, 1.807) is 0 Å². The van der Waals surface area contributed by atoms with E-state index in [4.69, 9.17) is 4.42 Å². The van der Waals surface area contributed by atoms with Crippen LogP contribution in [0.25, 0.3) is 80.7 Å². The zero-order valence-corrected chi connectivity index (χ0v) is 21.7. The van der Waals surface area contributed by atoms with Crippen molar-refractivity contribution >= 4 is 75.3 Å². The van der Waals surface area contributed by atoms with Gasteiger partial charge in [0, 0.05) is 53.0 Å². The molecule has 39 heavy (non-hydrogen) atoms. The number of nitrogens with zero attached hydrogens (tertiary/aromatic N) is 1. The number of rotatable bonds is 2. The summed E-state index contributed by atoms with van der Waals surface area (Å²) in [7, 11) is 0. The van der Waals surface area contributed by atoms with Crippen LogP contribution in [0.15, 0.2) is 132 Å². The van der Waals surface area contributed by atoms with E-state index < -0.39 is 0 Å². The van der Waals surface area contributed by atoms with Crippen molar-refractivity contribution in [2.75, 3.05) is 0 Å². The Hall–Kier alpha value is -4.86. The third kappa shape index (κ3) is 2.91. The molecule has 0 aliphatic heterocycles. The molecule has 9 aromatic rings. The first-order valence-corrected chi connectivity index (χ1v) is 14.0. The predicted molar refractivity (Wildman–Crippen MR) is 166 cm³/mol. The standard InChI is InChI=1S/C36H21NOS/c1-2-10-23(11-3-1)37-30-15-7-4-12-24(30)25-19-18-22(20-31(25)37)28-21-29-26-13-5-8-16-32(26)38-35(29)34-27-14-6-9-17-33(27)39-36(28)34/h1-21H. The van der Waals surface area contributed by atoms with Gasteiger partial charge in [0.2, 0.25) is 0 Å². The van der Waals surface area contributed by atoms with Crippen LogP contribution in [-0.4, -0.2) is 4.57 Å². The Morgan fingerprint density at radius 2 is 1.26 bits per heavy atom. The van der Waals surface area contributed by atoms with Crippen molar-refractivity contribution in [2.45, 2.75) is 0 Å². The number of thiophene rings is 1. The van der Waals surface area contributed by atoms with Gasteiger partial charge < -0.3 is 8.98 Å². The average Bonchev–Trinajstić information content (AvgIpc) is 3.66. The van der Waals surface area contributed by atoms with Crippen LogP contribution in [0.4, 0.5) is 0 Å². The van der Waals surface area contributed by atoms with Gasteiger partial charge in [0.15, 0.2) is 0 Å². The Kier molecular flexibility index (Phi) is 4.24. The van der Waals surface area contributed by atoms with E-state index in [1.165, 1.54) is 64.2 Å². The van der Waals surface area contributed by atoms with Crippen LogP contribution in [0.2, 0.25) is 0 Å². The van der Waals surface area contributed by atoms with Gasteiger partial charge in [-0.3, -0.25) is 0 Å². The van der Waals surface area contributed by atoms with Crippen molar-refractivity contribution in [3.8, 4) is 16.8 Å². The normalized spacial score (nSPS) is 12.1. The highest BCUT2D eigenvalue weighted by Crippen LogP contribution is 2.47. The molecule has 0 fully saturated rings. The molecule has 182 valence electrons. The molecule has 3 heterocycles. The Balaban J connectivity index is 1.43. The Bertz CT molecular complexity index is 2390. The minimum atomic E-state index is 0.931.